The lowest BCUT2D eigenvalue weighted by Crippen LogP contribution is -2.52. The summed E-state index contributed by atoms with van der Waals surface area (Å²) in [6.07, 6.45) is 3.67. The summed E-state index contributed by atoms with van der Waals surface area (Å²) in [6, 6.07) is 34.8. The number of carbonyl (C=O) groups is 1. The molecular formula is C49H53FN7O6P. The van der Waals surface area contributed by atoms with Crippen molar-refractivity contribution < 1.29 is 32.4 Å². The molecule has 0 aliphatic heterocycles. The van der Waals surface area contributed by atoms with E-state index in [0.29, 0.717) is 22.7 Å². The minimum atomic E-state index is -1.98. The summed E-state index contributed by atoms with van der Waals surface area (Å²) in [6.45, 7) is 8.39. The fourth-order valence-corrected chi connectivity index (χ4v) is 9.93. The molecule has 5 atom stereocenters. The van der Waals surface area contributed by atoms with Crippen LogP contribution in [0.1, 0.15) is 67.2 Å². The van der Waals surface area contributed by atoms with Gasteiger partial charge in [0.15, 0.2) is 23.2 Å². The second kappa shape index (κ2) is 21.1. The predicted molar refractivity (Wildman–Crippen MR) is 244 cm³/mol. The number of allylic oxidation sites excluding steroid dienone is 1. The predicted octanol–water partition coefficient (Wildman–Crippen LogP) is 9.98. The molecule has 15 heteroatoms. The van der Waals surface area contributed by atoms with Crippen LogP contribution in [0.15, 0.2) is 134 Å². The number of alkyl halides is 1. The highest BCUT2D eigenvalue weighted by Crippen LogP contribution is 2.55. The summed E-state index contributed by atoms with van der Waals surface area (Å²) in [5.74, 6) is 0.238. The third-order valence-corrected chi connectivity index (χ3v) is 13.3. The van der Waals surface area contributed by atoms with Gasteiger partial charge in [0.2, 0.25) is 0 Å². The van der Waals surface area contributed by atoms with Gasteiger partial charge in [-0.1, -0.05) is 84.9 Å². The molecule has 64 heavy (non-hydrogen) atoms. The summed E-state index contributed by atoms with van der Waals surface area (Å²) in [5, 5.41) is 12.4. The Bertz CT molecular complexity index is 2460. The third kappa shape index (κ3) is 9.84. The molecule has 0 saturated carbocycles. The van der Waals surface area contributed by atoms with Gasteiger partial charge in [-0.05, 0) is 80.8 Å². The number of amides is 1. The standard InChI is InChI=1S/C49H53FN7O6P/c1-33(2)57(34(3)4)64(62-29-13-28-51)63-45-41(26-27-42(43(45)50)56-32-54-44-46(52-31-53-47(44)56)55-48(58)36-16-11-8-12-17-36)49(37-18-22-39(59-5)23-19-37,38-20-24-40(60-6)25-21-38)61-30-35-14-9-7-10-15-35/h7-12,14-27,31-34,41-43,45H,13,29-30H2,1-6H3,(H,52,53,55,58)/t41-,42-,43+,45-,64?/m1/s1. The number of benzene rings is 4. The van der Waals surface area contributed by atoms with Gasteiger partial charge in [0.05, 0.1) is 52.3 Å². The summed E-state index contributed by atoms with van der Waals surface area (Å²) < 4.78 is 54.5. The van der Waals surface area contributed by atoms with Crippen molar-refractivity contribution in [3.05, 3.63) is 156 Å². The molecule has 0 spiro atoms. The lowest BCUT2D eigenvalue weighted by Gasteiger charge is -2.48. The number of imidazole rings is 1. The first-order chi connectivity index (χ1) is 31.1. The summed E-state index contributed by atoms with van der Waals surface area (Å²) >= 11 is 0. The van der Waals surface area contributed by atoms with Crippen LogP contribution in [-0.2, 0) is 26.0 Å². The van der Waals surface area contributed by atoms with Gasteiger partial charge in [-0.25, -0.2) is 24.0 Å². The Hall–Kier alpha value is -6.07. The van der Waals surface area contributed by atoms with Gasteiger partial charge in [0, 0.05) is 23.6 Å². The molecule has 4 aromatic carbocycles. The topological polar surface area (TPSA) is 146 Å². The number of aromatic nitrogens is 4. The maximum absolute atomic E-state index is 18.6. The molecule has 1 unspecified atom stereocenters. The molecular weight excluding hydrogens is 833 g/mol. The van der Waals surface area contributed by atoms with Gasteiger partial charge in [0.1, 0.15) is 29.5 Å². The van der Waals surface area contributed by atoms with Crippen molar-refractivity contribution in [2.45, 2.75) is 76.7 Å². The van der Waals surface area contributed by atoms with E-state index in [0.717, 1.165) is 16.7 Å². The number of ether oxygens (including phenoxy) is 3. The zero-order chi connectivity index (χ0) is 45.2. The number of halogens is 1. The lowest BCUT2D eigenvalue weighted by molar-refractivity contribution is -0.108. The number of fused-ring (bicyclic) bond motifs is 1. The Morgan fingerprint density at radius 1 is 0.859 bits per heavy atom. The molecule has 0 radical (unpaired) electrons. The van der Waals surface area contributed by atoms with Crippen LogP contribution < -0.4 is 14.8 Å². The quantitative estimate of drug-likeness (QED) is 0.0471. The van der Waals surface area contributed by atoms with Crippen LogP contribution in [0.5, 0.6) is 11.5 Å². The Morgan fingerprint density at radius 3 is 2.05 bits per heavy atom. The van der Waals surface area contributed by atoms with Gasteiger partial charge in [0.25, 0.3) is 14.4 Å². The zero-order valence-corrected chi connectivity index (χ0v) is 37.6. The summed E-state index contributed by atoms with van der Waals surface area (Å²) in [5.41, 5.74) is 2.00. The number of nitrogens with zero attached hydrogens (tertiary/aromatic N) is 6. The first kappa shape index (κ1) is 45.9. The van der Waals surface area contributed by atoms with Crippen molar-refractivity contribution in [1.82, 2.24) is 24.2 Å². The van der Waals surface area contributed by atoms with Crippen molar-refractivity contribution >= 4 is 31.4 Å². The second-order valence-electron chi connectivity index (χ2n) is 15.8. The lowest BCUT2D eigenvalue weighted by atomic mass is 9.69. The number of carbonyl (C=O) groups excluding carboxylic acids is 1. The summed E-state index contributed by atoms with van der Waals surface area (Å²) in [7, 11) is 1.23. The Labute approximate surface area is 374 Å². The van der Waals surface area contributed by atoms with Crippen LogP contribution in [0.2, 0.25) is 0 Å². The van der Waals surface area contributed by atoms with Gasteiger partial charge in [-0.3, -0.25) is 4.79 Å². The van der Waals surface area contributed by atoms with E-state index in [1.54, 1.807) is 49.1 Å². The van der Waals surface area contributed by atoms with Crippen molar-refractivity contribution in [1.29, 1.82) is 5.26 Å². The van der Waals surface area contributed by atoms with Crippen molar-refractivity contribution in [3.63, 3.8) is 0 Å². The normalized spacial score (nSPS) is 18.0. The number of rotatable bonds is 19. The molecule has 2 aromatic heterocycles. The highest BCUT2D eigenvalue weighted by molar-refractivity contribution is 7.44. The average Bonchev–Trinajstić information content (AvgIpc) is 3.75. The van der Waals surface area contributed by atoms with E-state index in [1.165, 1.54) is 12.7 Å². The number of anilines is 1. The van der Waals surface area contributed by atoms with Crippen LogP contribution in [0, 0.1) is 17.2 Å². The molecule has 0 saturated heterocycles. The number of nitrogens with one attached hydrogen (secondary N) is 1. The smallest absolute Gasteiger partial charge is 0.259 e. The molecule has 6 aromatic rings. The molecule has 0 bridgehead atoms. The minimum absolute atomic E-state index is 0.0688. The van der Waals surface area contributed by atoms with Crippen LogP contribution in [0.3, 0.4) is 0 Å². The zero-order valence-electron chi connectivity index (χ0n) is 36.7. The van der Waals surface area contributed by atoms with Crippen molar-refractivity contribution in [2.75, 3.05) is 26.1 Å². The first-order valence-electron chi connectivity index (χ1n) is 21.2. The van der Waals surface area contributed by atoms with Gasteiger partial charge < -0.3 is 33.1 Å². The molecule has 1 amide bonds. The Morgan fingerprint density at radius 2 is 1.47 bits per heavy atom. The highest BCUT2D eigenvalue weighted by atomic mass is 31.2. The highest BCUT2D eigenvalue weighted by Gasteiger charge is 2.54. The van der Waals surface area contributed by atoms with Crippen molar-refractivity contribution in [3.8, 4) is 17.6 Å². The Balaban J connectivity index is 1.42. The monoisotopic (exact) mass is 885 g/mol. The van der Waals surface area contributed by atoms with Crippen LogP contribution in [-0.4, -0.2) is 75.3 Å². The number of nitriles is 1. The fraction of sp³-hybridized carbons (Fsp3) is 0.327. The van der Waals surface area contributed by atoms with Gasteiger partial charge in [-0.2, -0.15) is 5.26 Å². The first-order valence-corrected chi connectivity index (χ1v) is 22.3. The molecule has 1 N–H and O–H groups in total. The van der Waals surface area contributed by atoms with Gasteiger partial charge >= 0.3 is 0 Å². The van der Waals surface area contributed by atoms with Crippen LogP contribution >= 0.6 is 8.53 Å². The molecule has 13 nitrogen and oxygen atoms in total. The number of hydrogen-bond acceptors (Lipinski definition) is 11. The van der Waals surface area contributed by atoms with Crippen LogP contribution in [0.25, 0.3) is 11.2 Å². The van der Waals surface area contributed by atoms with E-state index < -0.39 is 38.4 Å². The Kier molecular flexibility index (Phi) is 15.1. The van der Waals surface area contributed by atoms with Crippen LogP contribution in [0.4, 0.5) is 10.2 Å². The molecule has 332 valence electrons. The largest absolute Gasteiger partial charge is 0.497 e. The number of hydrogen-bond donors (Lipinski definition) is 1. The van der Waals surface area contributed by atoms with E-state index in [2.05, 4.69) is 31.0 Å². The molecule has 1 aliphatic carbocycles. The van der Waals surface area contributed by atoms with Gasteiger partial charge in [-0.15, -0.1) is 0 Å². The maximum Gasteiger partial charge on any atom is 0.259 e. The summed E-state index contributed by atoms with van der Waals surface area (Å²) in [4.78, 5) is 26.7. The van der Waals surface area contributed by atoms with E-state index in [-0.39, 0.29) is 49.0 Å². The van der Waals surface area contributed by atoms with E-state index in [4.69, 9.17) is 23.3 Å². The second-order valence-corrected chi connectivity index (χ2v) is 17.2. The van der Waals surface area contributed by atoms with E-state index >= 15 is 4.39 Å². The molecule has 0 fully saturated rings. The SMILES string of the molecule is COc1ccc(C(OCc2ccccc2)(c2ccc(OC)cc2)[C@@H]2C=C[C@@H](n3cnc4c(NC(=O)c5ccccc5)ncnc43)[C@H](F)[C@@H]2OP(OCCC#N)N(C(C)C)C(C)C)cc1. The van der Waals surface area contributed by atoms with Crippen molar-refractivity contribution in [2.24, 2.45) is 5.92 Å². The molecule has 7 rings (SSSR count). The van der Waals surface area contributed by atoms with E-state index in [1.807, 2.05) is 119 Å². The fourth-order valence-electron chi connectivity index (χ4n) is 8.17. The maximum atomic E-state index is 18.6. The molecule has 2 heterocycles. The van der Waals surface area contributed by atoms with E-state index in [9.17, 15) is 10.1 Å². The molecule has 1 aliphatic rings. The minimum Gasteiger partial charge on any atom is -0.497 e. The third-order valence-electron chi connectivity index (χ3n) is 11.1. The average molecular weight is 886 g/mol. The number of methoxy groups -OCH3 is 2.